The highest BCUT2D eigenvalue weighted by Gasteiger charge is 2.37. The van der Waals surface area contributed by atoms with Crippen molar-refractivity contribution in [3.05, 3.63) is 31.6 Å². The first-order chi connectivity index (χ1) is 7.84. The molecule has 0 bridgehead atoms. The second-order valence-corrected chi connectivity index (χ2v) is 5.82. The molecule has 1 heterocycles. The number of nitrogens with zero attached hydrogens (tertiary/aromatic N) is 1. The molecule has 5 heteroatoms. The van der Waals surface area contributed by atoms with Gasteiger partial charge in [-0.05, 0) is 25.2 Å². The molecule has 2 rings (SSSR count). The van der Waals surface area contributed by atoms with Crippen LogP contribution in [-0.4, -0.2) is 9.55 Å². The molecule has 1 fully saturated rings. The van der Waals surface area contributed by atoms with Crippen molar-refractivity contribution < 1.29 is 0 Å². The van der Waals surface area contributed by atoms with Crippen LogP contribution in [0.3, 0.4) is 0 Å². The topological polar surface area (TPSA) is 54.9 Å². The van der Waals surface area contributed by atoms with Gasteiger partial charge in [-0.3, -0.25) is 14.3 Å². The SMILES string of the molecule is Cc1c(Cl)[nH]c(=O)n(C2CCCC2(C)C)c1=O. The molecule has 1 aliphatic carbocycles. The quantitative estimate of drug-likeness (QED) is 0.784. The third kappa shape index (κ3) is 1.95. The van der Waals surface area contributed by atoms with Gasteiger partial charge in [0.25, 0.3) is 5.56 Å². The van der Waals surface area contributed by atoms with Crippen LogP contribution in [-0.2, 0) is 0 Å². The van der Waals surface area contributed by atoms with Crippen LogP contribution in [0.2, 0.25) is 5.15 Å². The van der Waals surface area contributed by atoms with Gasteiger partial charge in [0.15, 0.2) is 0 Å². The van der Waals surface area contributed by atoms with E-state index in [1.165, 1.54) is 4.57 Å². The molecule has 1 saturated carbocycles. The standard InChI is InChI=1S/C12H17ClN2O2/c1-7-9(13)14-11(17)15(10(7)16)8-5-4-6-12(8,2)3/h8H,4-6H2,1-3H3,(H,14,17). The highest BCUT2D eigenvalue weighted by Crippen LogP contribution is 2.44. The van der Waals surface area contributed by atoms with Crippen LogP contribution in [0.25, 0.3) is 0 Å². The summed E-state index contributed by atoms with van der Waals surface area (Å²) in [4.78, 5) is 26.6. The van der Waals surface area contributed by atoms with E-state index in [4.69, 9.17) is 11.6 Å². The van der Waals surface area contributed by atoms with E-state index in [1.807, 2.05) is 0 Å². The summed E-state index contributed by atoms with van der Waals surface area (Å²) in [6.45, 7) is 5.83. The van der Waals surface area contributed by atoms with Gasteiger partial charge in [-0.2, -0.15) is 0 Å². The Kier molecular flexibility index (Phi) is 2.94. The summed E-state index contributed by atoms with van der Waals surface area (Å²) in [5.74, 6) is 0. The molecule has 0 radical (unpaired) electrons. The van der Waals surface area contributed by atoms with Crippen molar-refractivity contribution in [2.45, 2.75) is 46.1 Å². The Hall–Kier alpha value is -1.03. The van der Waals surface area contributed by atoms with Gasteiger partial charge in [-0.25, -0.2) is 4.79 Å². The summed E-state index contributed by atoms with van der Waals surface area (Å²) in [6.07, 6.45) is 2.95. The molecule has 0 aromatic carbocycles. The first-order valence-electron chi connectivity index (χ1n) is 5.85. The van der Waals surface area contributed by atoms with Crippen molar-refractivity contribution in [1.29, 1.82) is 0 Å². The highest BCUT2D eigenvalue weighted by molar-refractivity contribution is 6.30. The minimum Gasteiger partial charge on any atom is -0.297 e. The number of halogens is 1. The van der Waals surface area contributed by atoms with Gasteiger partial charge in [-0.1, -0.05) is 31.9 Å². The molecule has 1 aromatic rings. The Labute approximate surface area is 105 Å². The third-order valence-electron chi connectivity index (χ3n) is 3.82. The van der Waals surface area contributed by atoms with Crippen molar-refractivity contribution in [1.82, 2.24) is 9.55 Å². The summed E-state index contributed by atoms with van der Waals surface area (Å²) >= 11 is 5.80. The lowest BCUT2D eigenvalue weighted by atomic mass is 9.87. The second kappa shape index (κ2) is 4.02. The Morgan fingerprint density at radius 3 is 2.59 bits per heavy atom. The summed E-state index contributed by atoms with van der Waals surface area (Å²) in [6, 6.07) is -0.0327. The largest absolute Gasteiger partial charge is 0.329 e. The van der Waals surface area contributed by atoms with Crippen LogP contribution in [0.15, 0.2) is 9.59 Å². The predicted molar refractivity (Wildman–Crippen MR) is 67.7 cm³/mol. The lowest BCUT2D eigenvalue weighted by molar-refractivity contribution is 0.248. The minimum atomic E-state index is -0.398. The number of nitrogens with one attached hydrogen (secondary N) is 1. The van der Waals surface area contributed by atoms with E-state index in [-0.39, 0.29) is 22.2 Å². The van der Waals surface area contributed by atoms with Crippen LogP contribution in [0.1, 0.15) is 44.7 Å². The van der Waals surface area contributed by atoms with Crippen LogP contribution in [0.5, 0.6) is 0 Å². The van der Waals surface area contributed by atoms with Gasteiger partial charge in [-0.15, -0.1) is 0 Å². The molecule has 4 nitrogen and oxygen atoms in total. The minimum absolute atomic E-state index is 0.0168. The zero-order valence-corrected chi connectivity index (χ0v) is 11.1. The van der Waals surface area contributed by atoms with Gasteiger partial charge < -0.3 is 0 Å². The summed E-state index contributed by atoms with van der Waals surface area (Å²) in [5, 5.41) is 0.145. The van der Waals surface area contributed by atoms with Crippen molar-refractivity contribution in [2.75, 3.05) is 0 Å². The Morgan fingerprint density at radius 1 is 1.41 bits per heavy atom. The average molecular weight is 257 g/mol. The van der Waals surface area contributed by atoms with Gasteiger partial charge in [0.05, 0.1) is 0 Å². The number of hydrogen-bond donors (Lipinski definition) is 1. The summed E-state index contributed by atoms with van der Waals surface area (Å²) < 4.78 is 1.34. The predicted octanol–water partition coefficient (Wildman–Crippen LogP) is 2.25. The zero-order valence-electron chi connectivity index (χ0n) is 10.3. The molecule has 0 saturated heterocycles. The maximum atomic E-state index is 12.1. The summed E-state index contributed by atoms with van der Waals surface area (Å²) in [7, 11) is 0. The van der Waals surface area contributed by atoms with E-state index >= 15 is 0 Å². The zero-order chi connectivity index (χ0) is 12.8. The van der Waals surface area contributed by atoms with Crippen LogP contribution >= 0.6 is 11.6 Å². The smallest absolute Gasteiger partial charge is 0.297 e. The van der Waals surface area contributed by atoms with Gasteiger partial charge in [0.1, 0.15) is 5.15 Å². The van der Waals surface area contributed by atoms with Crippen LogP contribution < -0.4 is 11.2 Å². The highest BCUT2D eigenvalue weighted by atomic mass is 35.5. The molecule has 0 aliphatic heterocycles. The molecular formula is C12H17ClN2O2. The Morgan fingerprint density at radius 2 is 2.06 bits per heavy atom. The number of H-pyrrole nitrogens is 1. The fraction of sp³-hybridized carbons (Fsp3) is 0.667. The first kappa shape index (κ1) is 12.4. The van der Waals surface area contributed by atoms with E-state index in [2.05, 4.69) is 18.8 Å². The number of rotatable bonds is 1. The fourth-order valence-corrected chi connectivity index (χ4v) is 2.85. The van der Waals surface area contributed by atoms with Crippen LogP contribution in [0, 0.1) is 12.3 Å². The van der Waals surface area contributed by atoms with E-state index in [1.54, 1.807) is 6.92 Å². The van der Waals surface area contributed by atoms with Crippen LogP contribution in [0.4, 0.5) is 0 Å². The van der Waals surface area contributed by atoms with Gasteiger partial charge >= 0.3 is 5.69 Å². The first-order valence-corrected chi connectivity index (χ1v) is 6.23. The summed E-state index contributed by atoms with van der Waals surface area (Å²) in [5.41, 5.74) is -0.268. The molecule has 1 unspecified atom stereocenters. The number of hydrogen-bond acceptors (Lipinski definition) is 2. The fourth-order valence-electron chi connectivity index (χ4n) is 2.68. The van der Waals surface area contributed by atoms with Gasteiger partial charge in [0.2, 0.25) is 0 Å². The van der Waals surface area contributed by atoms with Crippen molar-refractivity contribution >= 4 is 11.6 Å². The molecule has 1 aromatic heterocycles. The monoisotopic (exact) mass is 256 g/mol. The molecule has 94 valence electrons. The normalized spacial score (nSPS) is 22.9. The lowest BCUT2D eigenvalue weighted by Crippen LogP contribution is -2.42. The third-order valence-corrected chi connectivity index (χ3v) is 4.19. The van der Waals surface area contributed by atoms with Crippen molar-refractivity contribution in [3.8, 4) is 0 Å². The molecular weight excluding hydrogens is 240 g/mol. The van der Waals surface area contributed by atoms with E-state index in [0.29, 0.717) is 5.56 Å². The molecule has 0 spiro atoms. The van der Waals surface area contributed by atoms with E-state index in [9.17, 15) is 9.59 Å². The lowest BCUT2D eigenvalue weighted by Gasteiger charge is -2.28. The number of aromatic amines is 1. The maximum Gasteiger partial charge on any atom is 0.329 e. The van der Waals surface area contributed by atoms with E-state index < -0.39 is 5.69 Å². The molecule has 1 aliphatic rings. The second-order valence-electron chi connectivity index (χ2n) is 5.44. The Bertz CT molecular complexity index is 557. The molecule has 17 heavy (non-hydrogen) atoms. The van der Waals surface area contributed by atoms with Crippen molar-refractivity contribution in [2.24, 2.45) is 5.41 Å². The maximum absolute atomic E-state index is 12.1. The van der Waals surface area contributed by atoms with Crippen molar-refractivity contribution in [3.63, 3.8) is 0 Å². The van der Waals surface area contributed by atoms with Gasteiger partial charge in [0, 0.05) is 11.6 Å². The number of aromatic nitrogens is 2. The molecule has 0 amide bonds. The Balaban J connectivity index is 2.65. The average Bonchev–Trinajstić information content (AvgIpc) is 2.56. The molecule has 1 atom stereocenters. The van der Waals surface area contributed by atoms with E-state index in [0.717, 1.165) is 19.3 Å². The molecule has 1 N–H and O–H groups in total.